The van der Waals surface area contributed by atoms with Crippen LogP contribution in [-0.2, 0) is 4.79 Å². The molecule has 2 heterocycles. The molecule has 31 heavy (non-hydrogen) atoms. The van der Waals surface area contributed by atoms with E-state index in [1.165, 1.54) is 12.1 Å². The Morgan fingerprint density at radius 1 is 1.16 bits per heavy atom. The van der Waals surface area contributed by atoms with Crippen molar-refractivity contribution in [2.45, 2.75) is 26.1 Å². The molecule has 2 aromatic rings. The van der Waals surface area contributed by atoms with Crippen molar-refractivity contribution < 1.29 is 32.0 Å². The molecule has 168 valence electrons. The number of anilines is 1. The maximum absolute atomic E-state index is 12.5. The molecule has 3 rings (SSSR count). The van der Waals surface area contributed by atoms with E-state index in [0.29, 0.717) is 31.9 Å². The summed E-state index contributed by atoms with van der Waals surface area (Å²) in [6, 6.07) is 6.57. The van der Waals surface area contributed by atoms with E-state index in [1.807, 2.05) is 18.7 Å². The molecule has 11 heteroatoms. The molecule has 1 aromatic carbocycles. The molecule has 1 N–H and O–H groups in total. The van der Waals surface area contributed by atoms with Crippen molar-refractivity contribution in [2.24, 2.45) is 0 Å². The smallest absolute Gasteiger partial charge is 0.406 e. The number of piperazine rings is 1. The number of benzene rings is 1. The molecule has 1 aliphatic heterocycles. The SMILES string of the molecule is CC(C)c1cc(C(=O)N2CCN(CC(=O)Nc3ccc(OC(F)(F)F)cc3)CC2)on1. The summed E-state index contributed by atoms with van der Waals surface area (Å²) in [7, 11) is 0. The largest absolute Gasteiger partial charge is 0.573 e. The van der Waals surface area contributed by atoms with Crippen molar-refractivity contribution in [3.63, 3.8) is 0 Å². The number of nitrogens with zero attached hydrogens (tertiary/aromatic N) is 3. The number of alkyl halides is 3. The van der Waals surface area contributed by atoms with Crippen LogP contribution in [0.4, 0.5) is 18.9 Å². The summed E-state index contributed by atoms with van der Waals surface area (Å²) in [5.74, 6) is -0.536. The van der Waals surface area contributed by atoms with Crippen LogP contribution < -0.4 is 10.1 Å². The molecule has 1 aliphatic rings. The second-order valence-corrected chi connectivity index (χ2v) is 7.46. The van der Waals surface area contributed by atoms with Gasteiger partial charge in [0.25, 0.3) is 5.91 Å². The van der Waals surface area contributed by atoms with E-state index in [4.69, 9.17) is 4.52 Å². The zero-order chi connectivity index (χ0) is 22.6. The van der Waals surface area contributed by atoms with Gasteiger partial charge < -0.3 is 19.5 Å². The van der Waals surface area contributed by atoms with E-state index >= 15 is 0 Å². The van der Waals surface area contributed by atoms with Gasteiger partial charge in [-0.1, -0.05) is 19.0 Å². The molecule has 0 aliphatic carbocycles. The molecule has 2 amide bonds. The Hall–Kier alpha value is -3.08. The maximum atomic E-state index is 12.5. The lowest BCUT2D eigenvalue weighted by molar-refractivity contribution is -0.274. The first kappa shape index (κ1) is 22.6. The number of hydrogen-bond donors (Lipinski definition) is 1. The van der Waals surface area contributed by atoms with Gasteiger partial charge in [0.15, 0.2) is 0 Å². The molecule has 1 saturated heterocycles. The van der Waals surface area contributed by atoms with Crippen molar-refractivity contribution in [3.8, 4) is 5.75 Å². The highest BCUT2D eigenvalue weighted by molar-refractivity contribution is 5.93. The molecular formula is C20H23F3N4O4. The Bertz CT molecular complexity index is 904. The normalized spacial score (nSPS) is 15.2. The molecule has 1 fully saturated rings. The topological polar surface area (TPSA) is 87.9 Å². The van der Waals surface area contributed by atoms with Crippen LogP contribution >= 0.6 is 0 Å². The highest BCUT2D eigenvalue weighted by atomic mass is 19.4. The zero-order valence-corrected chi connectivity index (χ0v) is 17.1. The summed E-state index contributed by atoms with van der Waals surface area (Å²) >= 11 is 0. The molecule has 1 aromatic heterocycles. The molecule has 0 saturated carbocycles. The highest BCUT2D eigenvalue weighted by Crippen LogP contribution is 2.24. The van der Waals surface area contributed by atoms with Gasteiger partial charge in [-0.2, -0.15) is 0 Å². The van der Waals surface area contributed by atoms with Gasteiger partial charge in [0.05, 0.1) is 12.2 Å². The van der Waals surface area contributed by atoms with Crippen molar-refractivity contribution in [1.82, 2.24) is 15.0 Å². The third-order valence-electron chi connectivity index (χ3n) is 4.73. The summed E-state index contributed by atoms with van der Waals surface area (Å²) in [6.07, 6.45) is -4.77. The molecule has 0 atom stereocenters. The van der Waals surface area contributed by atoms with Gasteiger partial charge in [-0.15, -0.1) is 13.2 Å². The molecule has 0 spiro atoms. The van der Waals surface area contributed by atoms with Crippen LogP contribution in [0.2, 0.25) is 0 Å². The number of halogens is 3. The van der Waals surface area contributed by atoms with E-state index in [2.05, 4.69) is 15.2 Å². The number of rotatable bonds is 6. The minimum atomic E-state index is -4.77. The lowest BCUT2D eigenvalue weighted by Crippen LogP contribution is -2.50. The van der Waals surface area contributed by atoms with Crippen molar-refractivity contribution in [1.29, 1.82) is 0 Å². The van der Waals surface area contributed by atoms with Gasteiger partial charge in [0.1, 0.15) is 5.75 Å². The zero-order valence-electron chi connectivity index (χ0n) is 17.1. The maximum Gasteiger partial charge on any atom is 0.573 e. The van der Waals surface area contributed by atoms with E-state index < -0.39 is 6.36 Å². The summed E-state index contributed by atoms with van der Waals surface area (Å²) in [5.41, 5.74) is 1.08. The van der Waals surface area contributed by atoms with E-state index in [1.54, 1.807) is 11.0 Å². The van der Waals surface area contributed by atoms with Crippen molar-refractivity contribution >= 4 is 17.5 Å². The summed E-state index contributed by atoms with van der Waals surface area (Å²) in [4.78, 5) is 28.3. The monoisotopic (exact) mass is 440 g/mol. The highest BCUT2D eigenvalue weighted by Gasteiger charge is 2.31. The second-order valence-electron chi connectivity index (χ2n) is 7.46. The first-order chi connectivity index (χ1) is 14.6. The first-order valence-electron chi connectivity index (χ1n) is 9.74. The standard InChI is InChI=1S/C20H23F3N4O4/c1-13(2)16-11-17(31-25-16)19(29)27-9-7-26(8-10-27)12-18(28)24-14-3-5-15(6-4-14)30-20(21,22)23/h3-6,11,13H,7-10,12H2,1-2H3,(H,24,28). The fourth-order valence-corrected chi connectivity index (χ4v) is 3.07. The Morgan fingerprint density at radius 3 is 2.35 bits per heavy atom. The number of hydrogen-bond acceptors (Lipinski definition) is 6. The van der Waals surface area contributed by atoms with E-state index in [9.17, 15) is 22.8 Å². The third kappa shape index (κ3) is 6.45. The second kappa shape index (κ2) is 9.38. The van der Waals surface area contributed by atoms with Gasteiger partial charge in [-0.3, -0.25) is 14.5 Å². The van der Waals surface area contributed by atoms with Crippen LogP contribution in [0.15, 0.2) is 34.9 Å². The molecule has 0 unspecified atom stereocenters. The van der Waals surface area contributed by atoms with Gasteiger partial charge in [-0.25, -0.2) is 0 Å². The van der Waals surface area contributed by atoms with Gasteiger partial charge in [0.2, 0.25) is 11.7 Å². The number of aromatic nitrogens is 1. The number of carbonyl (C=O) groups excluding carboxylic acids is 2. The Labute approximate surface area is 176 Å². The quantitative estimate of drug-likeness (QED) is 0.743. The summed E-state index contributed by atoms with van der Waals surface area (Å²) in [5, 5.41) is 6.53. The minimum Gasteiger partial charge on any atom is -0.406 e. The predicted octanol–water partition coefficient (Wildman–Crippen LogP) is 3.09. The Balaban J connectivity index is 1.45. The third-order valence-corrected chi connectivity index (χ3v) is 4.73. The van der Waals surface area contributed by atoms with Crippen molar-refractivity contribution in [2.75, 3.05) is 38.0 Å². The van der Waals surface area contributed by atoms with Crippen LogP contribution in [-0.4, -0.2) is 65.9 Å². The number of nitrogens with one attached hydrogen (secondary N) is 1. The Kier molecular flexibility index (Phi) is 6.84. The predicted molar refractivity (Wildman–Crippen MR) is 105 cm³/mol. The lowest BCUT2D eigenvalue weighted by atomic mass is 10.1. The van der Waals surface area contributed by atoms with Crippen LogP contribution in [0.25, 0.3) is 0 Å². The van der Waals surface area contributed by atoms with Crippen LogP contribution in [0.1, 0.15) is 36.0 Å². The average molecular weight is 440 g/mol. The molecule has 0 radical (unpaired) electrons. The average Bonchev–Trinajstić information content (AvgIpc) is 3.19. The Morgan fingerprint density at radius 2 is 1.81 bits per heavy atom. The fraction of sp³-hybridized carbons (Fsp3) is 0.450. The first-order valence-corrected chi connectivity index (χ1v) is 9.74. The molecule has 8 nitrogen and oxygen atoms in total. The number of amides is 2. The van der Waals surface area contributed by atoms with Gasteiger partial charge >= 0.3 is 6.36 Å². The lowest BCUT2D eigenvalue weighted by Gasteiger charge is -2.33. The van der Waals surface area contributed by atoms with Gasteiger partial charge in [-0.05, 0) is 30.2 Å². The molecule has 0 bridgehead atoms. The molecular weight excluding hydrogens is 417 g/mol. The van der Waals surface area contributed by atoms with E-state index in [-0.39, 0.29) is 35.8 Å². The number of ether oxygens (including phenoxy) is 1. The van der Waals surface area contributed by atoms with Crippen LogP contribution in [0.5, 0.6) is 5.75 Å². The van der Waals surface area contributed by atoms with Crippen LogP contribution in [0, 0.1) is 0 Å². The fourth-order valence-electron chi connectivity index (χ4n) is 3.07. The van der Waals surface area contributed by atoms with E-state index in [0.717, 1.165) is 17.8 Å². The van der Waals surface area contributed by atoms with Crippen LogP contribution in [0.3, 0.4) is 0 Å². The van der Waals surface area contributed by atoms with Gasteiger partial charge in [0, 0.05) is 37.9 Å². The summed E-state index contributed by atoms with van der Waals surface area (Å²) < 4.78 is 45.5. The number of carbonyl (C=O) groups is 2. The summed E-state index contributed by atoms with van der Waals surface area (Å²) in [6.45, 7) is 5.90. The van der Waals surface area contributed by atoms with Crippen molar-refractivity contribution in [3.05, 3.63) is 41.8 Å². The minimum absolute atomic E-state index is 0.0998.